The summed E-state index contributed by atoms with van der Waals surface area (Å²) in [7, 11) is 0. The van der Waals surface area contributed by atoms with E-state index in [0.29, 0.717) is 5.92 Å². The lowest BCUT2D eigenvalue weighted by Crippen LogP contribution is -1.99. The molecule has 0 unspecified atom stereocenters. The average Bonchev–Trinajstić information content (AvgIpc) is 1.98. The lowest BCUT2D eigenvalue weighted by Gasteiger charge is -2.05. The molecule has 0 radical (unpaired) electrons. The van der Waals surface area contributed by atoms with Crippen LogP contribution >= 0.6 is 0 Å². The highest BCUT2D eigenvalue weighted by Crippen LogP contribution is 2.09. The number of hydrogen-bond donors (Lipinski definition) is 1. The van der Waals surface area contributed by atoms with Crippen molar-refractivity contribution in [3.63, 3.8) is 0 Å². The molecule has 0 aromatic rings. The number of nitrogens with zero attached hydrogens (tertiary/aromatic N) is 1. The van der Waals surface area contributed by atoms with Crippen LogP contribution in [0.15, 0.2) is 5.16 Å². The van der Waals surface area contributed by atoms with E-state index in [2.05, 4.69) is 19.0 Å². The Morgan fingerprint density at radius 3 is 2.60 bits per heavy atom. The lowest BCUT2D eigenvalue weighted by atomic mass is 10.0. The molecular formula is C8H17NO. The average molecular weight is 143 g/mol. The van der Waals surface area contributed by atoms with Crippen molar-refractivity contribution >= 4 is 6.21 Å². The predicted molar refractivity (Wildman–Crippen MR) is 43.6 cm³/mol. The van der Waals surface area contributed by atoms with Gasteiger partial charge >= 0.3 is 0 Å². The van der Waals surface area contributed by atoms with E-state index < -0.39 is 0 Å². The molecular weight excluding hydrogens is 126 g/mol. The Labute approximate surface area is 62.9 Å². The summed E-state index contributed by atoms with van der Waals surface area (Å²) in [6, 6.07) is 0. The molecule has 10 heavy (non-hydrogen) atoms. The molecule has 2 heteroatoms. The predicted octanol–water partition coefficient (Wildman–Crippen LogP) is 2.66. The fraction of sp³-hybridized carbons (Fsp3) is 0.875. The van der Waals surface area contributed by atoms with E-state index in [0.717, 1.165) is 12.8 Å². The van der Waals surface area contributed by atoms with Gasteiger partial charge in [-0.15, -0.1) is 5.16 Å². The normalized spacial score (nSPS) is 14.2. The van der Waals surface area contributed by atoms with Crippen LogP contribution in [0.4, 0.5) is 0 Å². The van der Waals surface area contributed by atoms with Crippen molar-refractivity contribution in [2.75, 3.05) is 0 Å². The summed E-state index contributed by atoms with van der Waals surface area (Å²) < 4.78 is 0. The third kappa shape index (κ3) is 4.36. The fourth-order valence-corrected chi connectivity index (χ4v) is 0.945. The van der Waals surface area contributed by atoms with Gasteiger partial charge in [0.2, 0.25) is 0 Å². The van der Waals surface area contributed by atoms with Crippen LogP contribution in [-0.4, -0.2) is 11.4 Å². The molecule has 0 heterocycles. The molecule has 1 atom stereocenters. The van der Waals surface area contributed by atoms with Gasteiger partial charge in [-0.25, -0.2) is 0 Å². The Balaban J connectivity index is 3.39. The van der Waals surface area contributed by atoms with Gasteiger partial charge in [0.05, 0.1) is 0 Å². The molecule has 60 valence electrons. The largest absolute Gasteiger partial charge is 0.411 e. The van der Waals surface area contributed by atoms with Gasteiger partial charge in [0.1, 0.15) is 0 Å². The summed E-state index contributed by atoms with van der Waals surface area (Å²) in [5.41, 5.74) is 0. The van der Waals surface area contributed by atoms with Crippen LogP contribution in [0.1, 0.15) is 39.5 Å². The van der Waals surface area contributed by atoms with Gasteiger partial charge in [-0.1, -0.05) is 26.7 Å². The minimum absolute atomic E-state index is 0.477. The quantitative estimate of drug-likeness (QED) is 0.358. The molecule has 0 aliphatic carbocycles. The molecule has 0 amide bonds. The zero-order valence-corrected chi connectivity index (χ0v) is 6.88. The number of hydrogen-bond acceptors (Lipinski definition) is 2. The van der Waals surface area contributed by atoms with Gasteiger partial charge in [0.25, 0.3) is 0 Å². The lowest BCUT2D eigenvalue weighted by molar-refractivity contribution is 0.317. The third-order valence-electron chi connectivity index (χ3n) is 1.73. The topological polar surface area (TPSA) is 32.6 Å². The maximum Gasteiger partial charge on any atom is 0.0466 e. The molecule has 1 N–H and O–H groups in total. The summed E-state index contributed by atoms with van der Waals surface area (Å²) in [6.45, 7) is 4.28. The van der Waals surface area contributed by atoms with E-state index in [-0.39, 0.29) is 0 Å². The SMILES string of the molecule is CCCC[C@H](/C=N/O)CC. The van der Waals surface area contributed by atoms with Crippen LogP contribution in [0.25, 0.3) is 0 Å². The zero-order chi connectivity index (χ0) is 7.82. The van der Waals surface area contributed by atoms with Crippen LogP contribution in [-0.2, 0) is 0 Å². The third-order valence-corrected chi connectivity index (χ3v) is 1.73. The molecule has 0 fully saturated rings. The van der Waals surface area contributed by atoms with Gasteiger partial charge in [0, 0.05) is 6.21 Å². The molecule has 0 spiro atoms. The highest BCUT2D eigenvalue weighted by Gasteiger charge is 2.00. The van der Waals surface area contributed by atoms with Gasteiger partial charge in [-0.05, 0) is 18.8 Å². The van der Waals surface area contributed by atoms with Crippen molar-refractivity contribution in [1.29, 1.82) is 0 Å². The number of rotatable bonds is 5. The van der Waals surface area contributed by atoms with E-state index in [9.17, 15) is 0 Å². The molecule has 0 bridgehead atoms. The fourth-order valence-electron chi connectivity index (χ4n) is 0.945. The van der Waals surface area contributed by atoms with E-state index in [4.69, 9.17) is 5.21 Å². The summed E-state index contributed by atoms with van der Waals surface area (Å²) in [4.78, 5) is 0. The summed E-state index contributed by atoms with van der Waals surface area (Å²) >= 11 is 0. The van der Waals surface area contributed by atoms with Crippen molar-refractivity contribution in [3.05, 3.63) is 0 Å². The number of oxime groups is 1. The van der Waals surface area contributed by atoms with Crippen LogP contribution < -0.4 is 0 Å². The number of unbranched alkanes of at least 4 members (excludes halogenated alkanes) is 1. The Hall–Kier alpha value is -0.530. The second kappa shape index (κ2) is 6.59. The van der Waals surface area contributed by atoms with Crippen molar-refractivity contribution in [1.82, 2.24) is 0 Å². The Morgan fingerprint density at radius 1 is 1.50 bits per heavy atom. The molecule has 0 aliphatic heterocycles. The minimum Gasteiger partial charge on any atom is -0.411 e. The minimum atomic E-state index is 0.477. The zero-order valence-electron chi connectivity index (χ0n) is 6.88. The molecule has 0 saturated carbocycles. The van der Waals surface area contributed by atoms with Crippen LogP contribution in [0, 0.1) is 5.92 Å². The first-order chi connectivity index (χ1) is 4.85. The highest BCUT2D eigenvalue weighted by atomic mass is 16.4. The first-order valence-electron chi connectivity index (χ1n) is 4.02. The van der Waals surface area contributed by atoms with E-state index in [1.54, 1.807) is 6.21 Å². The Bertz CT molecular complexity index is 91.3. The van der Waals surface area contributed by atoms with E-state index in [1.807, 2.05) is 0 Å². The second-order valence-electron chi connectivity index (χ2n) is 2.58. The van der Waals surface area contributed by atoms with Gasteiger partial charge in [0.15, 0.2) is 0 Å². The maximum atomic E-state index is 8.24. The first-order valence-corrected chi connectivity index (χ1v) is 4.02. The smallest absolute Gasteiger partial charge is 0.0466 e. The first kappa shape index (κ1) is 9.47. The van der Waals surface area contributed by atoms with E-state index in [1.165, 1.54) is 12.8 Å². The maximum absolute atomic E-state index is 8.24. The standard InChI is InChI=1S/C8H17NO/c1-3-5-6-8(4-2)7-9-10/h7-8,10H,3-6H2,1-2H3/b9-7+/t8-/m1/s1. The molecule has 2 nitrogen and oxygen atoms in total. The van der Waals surface area contributed by atoms with Crippen LogP contribution in [0.3, 0.4) is 0 Å². The van der Waals surface area contributed by atoms with Crippen molar-refractivity contribution in [2.45, 2.75) is 39.5 Å². The molecule has 0 rings (SSSR count). The second-order valence-corrected chi connectivity index (χ2v) is 2.58. The van der Waals surface area contributed by atoms with Crippen LogP contribution in [0.2, 0.25) is 0 Å². The van der Waals surface area contributed by atoms with Gasteiger partial charge < -0.3 is 5.21 Å². The van der Waals surface area contributed by atoms with Gasteiger partial charge in [-0.2, -0.15) is 0 Å². The molecule has 0 saturated heterocycles. The monoisotopic (exact) mass is 143 g/mol. The highest BCUT2D eigenvalue weighted by molar-refractivity contribution is 5.59. The summed E-state index contributed by atoms with van der Waals surface area (Å²) in [5.74, 6) is 0.477. The van der Waals surface area contributed by atoms with Crippen molar-refractivity contribution in [2.24, 2.45) is 11.1 Å². The molecule has 0 aliphatic rings. The summed E-state index contributed by atoms with van der Waals surface area (Å²) in [5, 5.41) is 11.3. The Kier molecular flexibility index (Phi) is 6.24. The van der Waals surface area contributed by atoms with Gasteiger partial charge in [-0.3, -0.25) is 0 Å². The molecule has 0 aromatic carbocycles. The molecule has 0 aromatic heterocycles. The van der Waals surface area contributed by atoms with Crippen molar-refractivity contribution in [3.8, 4) is 0 Å². The van der Waals surface area contributed by atoms with Crippen molar-refractivity contribution < 1.29 is 5.21 Å². The Morgan fingerprint density at radius 2 is 2.20 bits per heavy atom. The summed E-state index contributed by atoms with van der Waals surface area (Å²) in [6.07, 6.45) is 6.30. The van der Waals surface area contributed by atoms with Crippen LogP contribution in [0.5, 0.6) is 0 Å². The van der Waals surface area contributed by atoms with E-state index >= 15 is 0 Å².